The molecule has 0 radical (unpaired) electrons. The Bertz CT molecular complexity index is 443. The molecule has 4 nitrogen and oxygen atoms in total. The lowest BCUT2D eigenvalue weighted by molar-refractivity contribution is 0.0389. The first-order chi connectivity index (χ1) is 10.1. The Morgan fingerprint density at radius 1 is 1.29 bits per heavy atom. The van der Waals surface area contributed by atoms with E-state index in [1.165, 1.54) is 11.1 Å². The van der Waals surface area contributed by atoms with Crippen LogP contribution in [0.3, 0.4) is 0 Å². The molecule has 0 atom stereocenters. The van der Waals surface area contributed by atoms with Gasteiger partial charge in [0.15, 0.2) is 5.11 Å². The number of benzene rings is 1. The highest BCUT2D eigenvalue weighted by Crippen LogP contribution is 2.06. The summed E-state index contributed by atoms with van der Waals surface area (Å²) in [7, 11) is 2.03. The fraction of sp³-hybridized carbons (Fsp3) is 0.562. The van der Waals surface area contributed by atoms with Gasteiger partial charge >= 0.3 is 0 Å². The highest BCUT2D eigenvalue weighted by molar-refractivity contribution is 7.80. The molecule has 1 heterocycles. The van der Waals surface area contributed by atoms with Crippen molar-refractivity contribution in [1.82, 2.24) is 15.1 Å². The molecule has 1 saturated heterocycles. The average Bonchev–Trinajstić information content (AvgIpc) is 2.50. The summed E-state index contributed by atoms with van der Waals surface area (Å²) in [6.45, 7) is 8.57. The monoisotopic (exact) mass is 307 g/mol. The van der Waals surface area contributed by atoms with E-state index in [2.05, 4.69) is 46.3 Å². The van der Waals surface area contributed by atoms with E-state index in [-0.39, 0.29) is 0 Å². The number of nitrogens with zero attached hydrogens (tertiary/aromatic N) is 2. The fourth-order valence-corrected chi connectivity index (χ4v) is 2.49. The van der Waals surface area contributed by atoms with E-state index in [0.717, 1.165) is 51.0 Å². The van der Waals surface area contributed by atoms with Crippen molar-refractivity contribution < 1.29 is 4.74 Å². The van der Waals surface area contributed by atoms with Gasteiger partial charge in [0, 0.05) is 39.8 Å². The molecule has 0 spiro atoms. The van der Waals surface area contributed by atoms with Gasteiger partial charge in [-0.1, -0.05) is 29.8 Å². The standard InChI is InChI=1S/C16H25N3OS/c1-14-3-5-15(6-4-14)13-18(2)16(21)17-7-8-19-9-11-20-12-10-19/h3-6H,7-13H2,1-2H3,(H,17,21). The van der Waals surface area contributed by atoms with E-state index in [1.807, 2.05) is 7.05 Å². The Morgan fingerprint density at radius 2 is 1.95 bits per heavy atom. The Morgan fingerprint density at radius 3 is 2.62 bits per heavy atom. The molecule has 5 heteroatoms. The lowest BCUT2D eigenvalue weighted by atomic mass is 10.1. The number of morpholine rings is 1. The first kappa shape index (κ1) is 16.2. The summed E-state index contributed by atoms with van der Waals surface area (Å²) >= 11 is 5.44. The molecule has 0 bridgehead atoms. The van der Waals surface area contributed by atoms with Crippen LogP contribution in [0.4, 0.5) is 0 Å². The first-order valence-electron chi connectivity index (χ1n) is 7.50. The molecule has 1 fully saturated rings. The minimum absolute atomic E-state index is 0.809. The molecule has 1 aliphatic heterocycles. The third kappa shape index (κ3) is 5.61. The molecule has 2 rings (SSSR count). The largest absolute Gasteiger partial charge is 0.379 e. The third-order valence-corrected chi connectivity index (χ3v) is 4.15. The van der Waals surface area contributed by atoms with Crippen molar-refractivity contribution in [2.45, 2.75) is 13.5 Å². The van der Waals surface area contributed by atoms with E-state index in [0.29, 0.717) is 0 Å². The van der Waals surface area contributed by atoms with Crippen LogP contribution < -0.4 is 5.32 Å². The molecule has 1 aliphatic rings. The predicted octanol–water partition coefficient (Wildman–Crippen LogP) is 1.63. The highest BCUT2D eigenvalue weighted by Gasteiger charge is 2.10. The second-order valence-electron chi connectivity index (χ2n) is 5.53. The molecule has 0 aromatic heterocycles. The van der Waals surface area contributed by atoms with Gasteiger partial charge in [0.05, 0.1) is 13.2 Å². The summed E-state index contributed by atoms with van der Waals surface area (Å²) in [5, 5.41) is 4.15. The van der Waals surface area contributed by atoms with Gasteiger partial charge in [0.1, 0.15) is 0 Å². The molecule has 1 N–H and O–H groups in total. The molecule has 21 heavy (non-hydrogen) atoms. The molecule has 0 saturated carbocycles. The van der Waals surface area contributed by atoms with E-state index >= 15 is 0 Å². The normalized spacial score (nSPS) is 15.7. The first-order valence-corrected chi connectivity index (χ1v) is 7.90. The second-order valence-corrected chi connectivity index (χ2v) is 5.91. The SMILES string of the molecule is Cc1ccc(CN(C)C(=S)NCCN2CCOCC2)cc1. The molecule has 0 unspecified atom stereocenters. The number of hydrogen-bond donors (Lipinski definition) is 1. The van der Waals surface area contributed by atoms with Crippen LogP contribution in [0.2, 0.25) is 0 Å². The van der Waals surface area contributed by atoms with Crippen LogP contribution in [0.1, 0.15) is 11.1 Å². The van der Waals surface area contributed by atoms with Crippen LogP contribution in [-0.2, 0) is 11.3 Å². The number of aryl methyl sites for hydroxylation is 1. The van der Waals surface area contributed by atoms with Crippen LogP contribution in [0.25, 0.3) is 0 Å². The number of nitrogens with one attached hydrogen (secondary N) is 1. The molecule has 0 aliphatic carbocycles. The maximum absolute atomic E-state index is 5.44. The topological polar surface area (TPSA) is 27.7 Å². The Kier molecular flexibility index (Phi) is 6.42. The molecule has 116 valence electrons. The summed E-state index contributed by atoms with van der Waals surface area (Å²) in [5.41, 5.74) is 2.56. The molecule has 0 amide bonds. The highest BCUT2D eigenvalue weighted by atomic mass is 32.1. The summed E-state index contributed by atoms with van der Waals surface area (Å²) in [5.74, 6) is 0. The minimum atomic E-state index is 0.809. The Hall–Kier alpha value is -1.17. The van der Waals surface area contributed by atoms with Gasteiger partial charge < -0.3 is 15.0 Å². The van der Waals surface area contributed by atoms with Crippen LogP contribution in [-0.4, -0.2) is 61.4 Å². The number of rotatable bonds is 5. The second kappa shape index (κ2) is 8.32. The van der Waals surface area contributed by atoms with Gasteiger partial charge in [-0.15, -0.1) is 0 Å². The van der Waals surface area contributed by atoms with Crippen LogP contribution in [0.5, 0.6) is 0 Å². The smallest absolute Gasteiger partial charge is 0.169 e. The van der Waals surface area contributed by atoms with Gasteiger partial charge in [0.2, 0.25) is 0 Å². The number of hydrogen-bond acceptors (Lipinski definition) is 3. The Labute approximate surface area is 133 Å². The maximum atomic E-state index is 5.44. The lowest BCUT2D eigenvalue weighted by Crippen LogP contribution is -2.43. The molecule has 1 aromatic rings. The van der Waals surface area contributed by atoms with Crippen molar-refractivity contribution in [3.63, 3.8) is 0 Å². The van der Waals surface area contributed by atoms with Crippen molar-refractivity contribution in [3.05, 3.63) is 35.4 Å². The zero-order valence-electron chi connectivity index (χ0n) is 13.0. The number of thiocarbonyl (C=S) groups is 1. The third-order valence-electron chi connectivity index (χ3n) is 3.70. The van der Waals surface area contributed by atoms with Crippen molar-refractivity contribution in [2.75, 3.05) is 46.4 Å². The van der Waals surface area contributed by atoms with E-state index < -0.39 is 0 Å². The van der Waals surface area contributed by atoms with Crippen LogP contribution in [0.15, 0.2) is 24.3 Å². The Balaban J connectivity index is 1.68. The summed E-state index contributed by atoms with van der Waals surface area (Å²) in [6.07, 6.45) is 0. The van der Waals surface area contributed by atoms with E-state index in [4.69, 9.17) is 17.0 Å². The fourth-order valence-electron chi connectivity index (χ4n) is 2.32. The van der Waals surface area contributed by atoms with Gasteiger partial charge in [-0.2, -0.15) is 0 Å². The lowest BCUT2D eigenvalue weighted by Gasteiger charge is -2.27. The van der Waals surface area contributed by atoms with Gasteiger partial charge in [-0.05, 0) is 24.7 Å². The predicted molar refractivity (Wildman–Crippen MR) is 90.5 cm³/mol. The quantitative estimate of drug-likeness (QED) is 0.835. The van der Waals surface area contributed by atoms with E-state index in [1.54, 1.807) is 0 Å². The summed E-state index contributed by atoms with van der Waals surface area (Å²) < 4.78 is 5.34. The zero-order chi connectivity index (χ0) is 15.1. The van der Waals surface area contributed by atoms with Gasteiger partial charge in [-0.3, -0.25) is 4.90 Å². The van der Waals surface area contributed by atoms with Crippen molar-refractivity contribution >= 4 is 17.3 Å². The number of ether oxygens (including phenoxy) is 1. The maximum Gasteiger partial charge on any atom is 0.169 e. The molecule has 1 aromatic carbocycles. The zero-order valence-corrected chi connectivity index (χ0v) is 13.8. The molecular weight excluding hydrogens is 282 g/mol. The van der Waals surface area contributed by atoms with Crippen molar-refractivity contribution in [2.24, 2.45) is 0 Å². The van der Waals surface area contributed by atoms with Crippen LogP contribution >= 0.6 is 12.2 Å². The van der Waals surface area contributed by atoms with Crippen molar-refractivity contribution in [3.8, 4) is 0 Å². The average molecular weight is 307 g/mol. The van der Waals surface area contributed by atoms with E-state index in [9.17, 15) is 0 Å². The summed E-state index contributed by atoms with van der Waals surface area (Å²) in [6, 6.07) is 8.58. The summed E-state index contributed by atoms with van der Waals surface area (Å²) in [4.78, 5) is 4.48. The van der Waals surface area contributed by atoms with Gasteiger partial charge in [0.25, 0.3) is 0 Å². The van der Waals surface area contributed by atoms with Crippen molar-refractivity contribution in [1.29, 1.82) is 0 Å². The van der Waals surface area contributed by atoms with Crippen LogP contribution in [0, 0.1) is 6.92 Å². The molecular formula is C16H25N3OS. The van der Waals surface area contributed by atoms with Gasteiger partial charge in [-0.25, -0.2) is 0 Å². The minimum Gasteiger partial charge on any atom is -0.379 e.